The van der Waals surface area contributed by atoms with E-state index in [0.717, 1.165) is 31.6 Å². The molecular weight excluding hydrogens is 164 g/mol. The first-order valence-corrected chi connectivity index (χ1v) is 5.32. The lowest BCUT2D eigenvalue weighted by atomic mass is 9.48. The van der Waals surface area contributed by atoms with Crippen molar-refractivity contribution < 1.29 is 9.90 Å². The monoisotopic (exact) mass is 180 g/mol. The zero-order valence-electron chi connectivity index (χ0n) is 7.99. The van der Waals surface area contributed by atoms with Crippen molar-refractivity contribution in [2.24, 2.45) is 23.2 Å². The van der Waals surface area contributed by atoms with Crippen LogP contribution in [0.5, 0.6) is 0 Å². The van der Waals surface area contributed by atoms with Crippen LogP contribution < -0.4 is 0 Å². The van der Waals surface area contributed by atoms with E-state index < -0.39 is 0 Å². The standard InChI is InChI=1S/C11H16O2/c1-11-4-6-2-7(5-11)9(12)8(3-6)10(11)13/h6-8,10,13H,2-5H2,1H3/t6-,7-,8-,10+,11+/m0/s1. The molecule has 4 bridgehead atoms. The van der Waals surface area contributed by atoms with Crippen LogP contribution in [0.1, 0.15) is 32.6 Å². The Hall–Kier alpha value is -0.370. The summed E-state index contributed by atoms with van der Waals surface area (Å²) in [6.07, 6.45) is 3.82. The molecule has 0 heterocycles. The Morgan fingerprint density at radius 3 is 2.92 bits per heavy atom. The molecule has 4 aliphatic carbocycles. The molecule has 1 N–H and O–H groups in total. The molecule has 0 saturated heterocycles. The number of carbonyl (C=O) groups excluding carboxylic acids is 1. The molecule has 0 spiro atoms. The van der Waals surface area contributed by atoms with Gasteiger partial charge in [0.2, 0.25) is 0 Å². The maximum atomic E-state index is 11.8. The largest absolute Gasteiger partial charge is 0.392 e. The third-order valence-corrected chi connectivity index (χ3v) is 4.54. The summed E-state index contributed by atoms with van der Waals surface area (Å²) in [6, 6.07) is 0. The third kappa shape index (κ3) is 0.850. The van der Waals surface area contributed by atoms with E-state index in [9.17, 15) is 9.90 Å². The lowest BCUT2D eigenvalue weighted by molar-refractivity contribution is -0.170. The second-order valence-electron chi connectivity index (χ2n) is 5.55. The van der Waals surface area contributed by atoms with E-state index in [4.69, 9.17) is 0 Å². The second-order valence-corrected chi connectivity index (χ2v) is 5.55. The molecule has 13 heavy (non-hydrogen) atoms. The molecule has 2 heteroatoms. The van der Waals surface area contributed by atoms with Gasteiger partial charge in [-0.2, -0.15) is 0 Å². The minimum Gasteiger partial charge on any atom is -0.392 e. The molecule has 4 saturated carbocycles. The summed E-state index contributed by atoms with van der Waals surface area (Å²) in [7, 11) is 0. The van der Waals surface area contributed by atoms with E-state index in [1.165, 1.54) is 0 Å². The molecule has 0 radical (unpaired) electrons. The summed E-state index contributed by atoms with van der Waals surface area (Å²) >= 11 is 0. The predicted octanol–water partition coefficient (Wildman–Crippen LogP) is 1.37. The predicted molar refractivity (Wildman–Crippen MR) is 48.1 cm³/mol. The smallest absolute Gasteiger partial charge is 0.141 e. The minimum atomic E-state index is -0.340. The molecule has 72 valence electrons. The topological polar surface area (TPSA) is 37.3 Å². The summed E-state index contributed by atoms with van der Waals surface area (Å²) in [4.78, 5) is 11.8. The average molecular weight is 180 g/mol. The first-order valence-electron chi connectivity index (χ1n) is 5.32. The minimum absolute atomic E-state index is 0.00347. The molecule has 0 aromatic carbocycles. The average Bonchev–Trinajstić information content (AvgIpc) is 2.07. The number of hydrogen-bond donors (Lipinski definition) is 1. The number of ketones is 1. The molecule has 0 aromatic rings. The molecule has 0 aromatic heterocycles. The van der Waals surface area contributed by atoms with Gasteiger partial charge in [-0.05, 0) is 37.0 Å². The van der Waals surface area contributed by atoms with Gasteiger partial charge in [0.1, 0.15) is 5.78 Å². The Labute approximate surface area is 78.3 Å². The lowest BCUT2D eigenvalue weighted by Crippen LogP contribution is -2.59. The van der Waals surface area contributed by atoms with Gasteiger partial charge in [-0.1, -0.05) is 6.92 Å². The van der Waals surface area contributed by atoms with Crippen molar-refractivity contribution in [2.75, 3.05) is 0 Å². The fraction of sp³-hybridized carbons (Fsp3) is 0.909. The summed E-state index contributed by atoms with van der Waals surface area (Å²) in [5.41, 5.74) is 0.0738. The molecule has 4 fully saturated rings. The third-order valence-electron chi connectivity index (χ3n) is 4.54. The maximum Gasteiger partial charge on any atom is 0.141 e. The van der Waals surface area contributed by atoms with Crippen LogP contribution in [0.2, 0.25) is 0 Å². The Morgan fingerprint density at radius 1 is 1.38 bits per heavy atom. The van der Waals surface area contributed by atoms with Crippen molar-refractivity contribution in [3.8, 4) is 0 Å². The fourth-order valence-corrected chi connectivity index (χ4v) is 4.06. The Balaban J connectivity index is 2.03. The highest BCUT2D eigenvalue weighted by Crippen LogP contribution is 2.58. The van der Waals surface area contributed by atoms with E-state index >= 15 is 0 Å². The number of aliphatic hydroxyl groups is 1. The van der Waals surface area contributed by atoms with Crippen molar-refractivity contribution in [3.05, 3.63) is 0 Å². The maximum absolute atomic E-state index is 11.8. The van der Waals surface area contributed by atoms with Crippen LogP contribution in [0, 0.1) is 23.2 Å². The van der Waals surface area contributed by atoms with Gasteiger partial charge in [-0.15, -0.1) is 0 Å². The van der Waals surface area contributed by atoms with Gasteiger partial charge >= 0.3 is 0 Å². The van der Waals surface area contributed by atoms with Crippen LogP contribution in [-0.2, 0) is 4.79 Å². The molecular formula is C11H16O2. The molecule has 4 rings (SSSR count). The van der Waals surface area contributed by atoms with Gasteiger partial charge in [-0.3, -0.25) is 4.79 Å². The van der Waals surface area contributed by atoms with Gasteiger partial charge in [0, 0.05) is 11.8 Å². The molecule has 5 atom stereocenters. The number of carbonyl (C=O) groups is 1. The number of aliphatic hydroxyl groups excluding tert-OH is 1. The van der Waals surface area contributed by atoms with E-state index in [1.807, 2.05) is 0 Å². The van der Waals surface area contributed by atoms with E-state index in [-0.39, 0.29) is 17.4 Å². The van der Waals surface area contributed by atoms with E-state index in [2.05, 4.69) is 6.92 Å². The first-order chi connectivity index (χ1) is 6.10. The Bertz CT molecular complexity index is 273. The number of Topliss-reactive ketones (excluding diaryl/α,β-unsaturated/α-hetero) is 1. The van der Waals surface area contributed by atoms with Crippen molar-refractivity contribution in [1.29, 1.82) is 0 Å². The van der Waals surface area contributed by atoms with Gasteiger partial charge < -0.3 is 5.11 Å². The molecule has 0 aliphatic heterocycles. The number of hydrogen-bond acceptors (Lipinski definition) is 2. The summed E-state index contributed by atoms with van der Waals surface area (Å²) in [6.45, 7) is 2.16. The first kappa shape index (κ1) is 7.98. The molecule has 0 unspecified atom stereocenters. The van der Waals surface area contributed by atoms with Crippen LogP contribution in [0.25, 0.3) is 0 Å². The van der Waals surface area contributed by atoms with Gasteiger partial charge in [-0.25, -0.2) is 0 Å². The summed E-state index contributed by atoms with van der Waals surface area (Å²) in [5, 5.41) is 10.0. The second kappa shape index (κ2) is 2.17. The van der Waals surface area contributed by atoms with E-state index in [1.54, 1.807) is 0 Å². The Kier molecular flexibility index (Phi) is 1.33. The highest BCUT2D eigenvalue weighted by molar-refractivity contribution is 5.86. The fourth-order valence-electron chi connectivity index (χ4n) is 4.06. The van der Waals surface area contributed by atoms with Crippen molar-refractivity contribution >= 4 is 5.78 Å². The summed E-state index contributed by atoms with van der Waals surface area (Å²) in [5.74, 6) is 1.39. The van der Waals surface area contributed by atoms with Crippen LogP contribution in [-0.4, -0.2) is 17.0 Å². The zero-order valence-corrected chi connectivity index (χ0v) is 7.99. The van der Waals surface area contributed by atoms with Crippen LogP contribution in [0.15, 0.2) is 0 Å². The van der Waals surface area contributed by atoms with Gasteiger partial charge in [0.25, 0.3) is 0 Å². The van der Waals surface area contributed by atoms with Crippen molar-refractivity contribution in [2.45, 2.75) is 38.7 Å². The van der Waals surface area contributed by atoms with Crippen LogP contribution in [0.3, 0.4) is 0 Å². The normalized spacial score (nSPS) is 58.8. The highest BCUT2D eigenvalue weighted by Gasteiger charge is 2.58. The molecule has 4 aliphatic rings. The lowest BCUT2D eigenvalue weighted by Gasteiger charge is -2.57. The summed E-state index contributed by atoms with van der Waals surface area (Å²) < 4.78 is 0. The van der Waals surface area contributed by atoms with Gasteiger partial charge in [0.05, 0.1) is 6.10 Å². The highest BCUT2D eigenvalue weighted by atomic mass is 16.3. The zero-order chi connectivity index (χ0) is 9.22. The number of rotatable bonds is 0. The van der Waals surface area contributed by atoms with Crippen molar-refractivity contribution in [3.63, 3.8) is 0 Å². The van der Waals surface area contributed by atoms with Crippen molar-refractivity contribution in [1.82, 2.24) is 0 Å². The Morgan fingerprint density at radius 2 is 2.15 bits per heavy atom. The molecule has 0 amide bonds. The molecule has 2 nitrogen and oxygen atoms in total. The van der Waals surface area contributed by atoms with Crippen LogP contribution >= 0.6 is 0 Å². The van der Waals surface area contributed by atoms with Gasteiger partial charge in [0.15, 0.2) is 0 Å². The van der Waals surface area contributed by atoms with E-state index in [0.29, 0.717) is 11.7 Å². The quantitative estimate of drug-likeness (QED) is 0.611. The van der Waals surface area contributed by atoms with Crippen LogP contribution in [0.4, 0.5) is 0 Å². The SMILES string of the molecule is C[C@@]12C[C@H]3C[C@@H](C1)C(=O)[C@H](C3)[C@H]2O.